The van der Waals surface area contributed by atoms with Gasteiger partial charge in [-0.3, -0.25) is 19.1 Å². The zero-order chi connectivity index (χ0) is 23.7. The third kappa shape index (κ3) is 4.31. The lowest BCUT2D eigenvalue weighted by Crippen LogP contribution is -2.62. The van der Waals surface area contributed by atoms with Gasteiger partial charge in [0, 0.05) is 38.4 Å². The van der Waals surface area contributed by atoms with Crippen LogP contribution in [-0.2, 0) is 9.59 Å². The summed E-state index contributed by atoms with van der Waals surface area (Å²) in [6, 6.07) is 9.75. The van der Waals surface area contributed by atoms with Crippen LogP contribution in [0.1, 0.15) is 26.2 Å². The molecule has 3 fully saturated rings. The van der Waals surface area contributed by atoms with Crippen LogP contribution in [0.25, 0.3) is 0 Å². The van der Waals surface area contributed by atoms with Crippen LogP contribution >= 0.6 is 11.8 Å². The summed E-state index contributed by atoms with van der Waals surface area (Å²) in [6.45, 7) is 6.73. The van der Waals surface area contributed by atoms with E-state index in [9.17, 15) is 14.4 Å². The molecule has 1 aromatic carbocycles. The Morgan fingerprint density at radius 1 is 1.06 bits per heavy atom. The van der Waals surface area contributed by atoms with Crippen LogP contribution in [0, 0.1) is 0 Å². The molecule has 1 unspecified atom stereocenters. The van der Waals surface area contributed by atoms with Crippen molar-refractivity contribution in [2.24, 2.45) is 4.99 Å². The number of benzene rings is 1. The number of hydrogen-bond acceptors (Lipinski definition) is 5. The number of carbonyl (C=O) groups is 3. The third-order valence-corrected chi connectivity index (χ3v) is 7.98. The smallest absolute Gasteiger partial charge is 0.357 e. The largest absolute Gasteiger partial charge is 0.368 e. The van der Waals surface area contributed by atoms with Crippen LogP contribution in [-0.4, -0.2) is 106 Å². The Balaban J connectivity index is 1.32. The van der Waals surface area contributed by atoms with Crippen molar-refractivity contribution in [3.05, 3.63) is 30.3 Å². The van der Waals surface area contributed by atoms with Gasteiger partial charge in [0.15, 0.2) is 5.25 Å². The molecule has 0 bridgehead atoms. The first-order valence-corrected chi connectivity index (χ1v) is 13.0. The molecule has 0 N–H and O–H groups in total. The molecule has 4 heterocycles. The molecule has 10 heteroatoms. The number of hydrogen-bond donors (Lipinski definition) is 0. The van der Waals surface area contributed by atoms with Crippen LogP contribution in [0.15, 0.2) is 35.3 Å². The Labute approximate surface area is 204 Å². The molecular weight excluding hydrogens is 452 g/mol. The third-order valence-electron chi connectivity index (χ3n) is 6.77. The summed E-state index contributed by atoms with van der Waals surface area (Å²) < 4.78 is 2.18. The monoisotopic (exact) mass is 483 g/mol. The van der Waals surface area contributed by atoms with Gasteiger partial charge in [-0.15, -0.1) is 0 Å². The van der Waals surface area contributed by atoms with Crippen molar-refractivity contribution in [3.8, 4) is 0 Å². The molecule has 3 saturated heterocycles. The van der Waals surface area contributed by atoms with Gasteiger partial charge in [0.25, 0.3) is 11.7 Å². The molecule has 4 aliphatic rings. The minimum Gasteiger partial charge on any atom is -0.368 e. The number of amides is 4. The fourth-order valence-corrected chi connectivity index (χ4v) is 6.11. The first-order valence-electron chi connectivity index (χ1n) is 12.1. The second kappa shape index (κ2) is 9.77. The molecule has 4 aliphatic heterocycles. The average Bonchev–Trinajstić information content (AvgIpc) is 3.55. The number of amidine groups is 2. The summed E-state index contributed by atoms with van der Waals surface area (Å²) in [5.41, 5.74) is 1.15. The summed E-state index contributed by atoms with van der Waals surface area (Å²) in [4.78, 5) is 51.2. The van der Waals surface area contributed by atoms with Gasteiger partial charge in [0.1, 0.15) is 6.54 Å². The lowest BCUT2D eigenvalue weighted by atomic mass is 10.2. The molecule has 1 aromatic rings. The van der Waals surface area contributed by atoms with Crippen molar-refractivity contribution < 1.29 is 19.0 Å². The van der Waals surface area contributed by atoms with E-state index >= 15 is 0 Å². The predicted molar refractivity (Wildman–Crippen MR) is 132 cm³/mol. The predicted octanol–water partition coefficient (Wildman–Crippen LogP) is 1.69. The Hall–Kier alpha value is -2.88. The van der Waals surface area contributed by atoms with Crippen molar-refractivity contribution in [2.45, 2.75) is 31.4 Å². The zero-order valence-electron chi connectivity index (χ0n) is 19.6. The number of aliphatic imine (C=N–C) groups is 1. The highest BCUT2D eigenvalue weighted by atomic mass is 32.2. The van der Waals surface area contributed by atoms with Crippen LogP contribution in [0.5, 0.6) is 0 Å². The number of thioether (sulfide) groups is 1. The second-order valence-electron chi connectivity index (χ2n) is 9.01. The number of nitrogens with zero attached hydrogens (tertiary/aromatic N) is 6. The number of anilines is 1. The van der Waals surface area contributed by atoms with Gasteiger partial charge in [0.2, 0.25) is 5.91 Å². The van der Waals surface area contributed by atoms with Crippen LogP contribution in [0.4, 0.5) is 10.5 Å². The molecule has 4 amide bonds. The van der Waals surface area contributed by atoms with E-state index in [1.54, 1.807) is 0 Å². The van der Waals surface area contributed by atoms with Crippen molar-refractivity contribution >= 4 is 46.3 Å². The number of carbonyl (C=O) groups excluding carboxylic acids is 3. The number of imide groups is 1. The van der Waals surface area contributed by atoms with E-state index in [0.29, 0.717) is 31.9 Å². The second-order valence-corrected chi connectivity index (χ2v) is 10.1. The van der Waals surface area contributed by atoms with Crippen molar-refractivity contribution in [1.82, 2.24) is 14.7 Å². The molecule has 0 spiro atoms. The molecule has 0 aromatic heterocycles. The lowest BCUT2D eigenvalue weighted by Gasteiger charge is -2.38. The van der Waals surface area contributed by atoms with Crippen LogP contribution in [0.3, 0.4) is 0 Å². The molecule has 5 rings (SSSR count). The Bertz CT molecular complexity index is 1030. The van der Waals surface area contributed by atoms with Crippen LogP contribution < -0.4 is 4.90 Å². The normalized spacial score (nSPS) is 23.1. The lowest BCUT2D eigenvalue weighted by molar-refractivity contribution is -0.503. The fraction of sp³-hybridized carbons (Fsp3) is 0.542. The summed E-state index contributed by atoms with van der Waals surface area (Å²) in [5, 5.41) is 0.244. The quantitative estimate of drug-likeness (QED) is 0.596. The summed E-state index contributed by atoms with van der Waals surface area (Å²) in [7, 11) is 0. The van der Waals surface area contributed by atoms with Gasteiger partial charge in [-0.25, -0.2) is 9.69 Å². The van der Waals surface area contributed by atoms with Crippen LogP contribution in [0.2, 0.25) is 0 Å². The molecule has 0 saturated carbocycles. The van der Waals surface area contributed by atoms with Gasteiger partial charge in [-0.2, -0.15) is 0 Å². The van der Waals surface area contributed by atoms with E-state index < -0.39 is 11.3 Å². The molecule has 180 valence electrons. The van der Waals surface area contributed by atoms with E-state index in [-0.39, 0.29) is 18.4 Å². The Morgan fingerprint density at radius 3 is 2.44 bits per heavy atom. The van der Waals surface area contributed by atoms with Crippen molar-refractivity contribution in [1.29, 1.82) is 0 Å². The van der Waals surface area contributed by atoms with Gasteiger partial charge in [0.05, 0.1) is 13.1 Å². The van der Waals surface area contributed by atoms with E-state index in [1.807, 2.05) is 30.0 Å². The van der Waals surface area contributed by atoms with Crippen molar-refractivity contribution in [2.75, 3.05) is 57.3 Å². The Morgan fingerprint density at radius 2 is 1.76 bits per heavy atom. The minimum absolute atomic E-state index is 0.0825. The standard InChI is InChI=1S/C24H31N6O3S/c1-2-10-29-22(32)20-21(25-23(34-20)28-11-6-7-12-28)30(24(29)33)17-19(31)27-15-13-26(14-16-27)18-8-4-3-5-9-18/h3-5,8-9,20H,2,6-7,10-17H2,1H3/q+1. The SMILES string of the molecule is CCCN1C(=O)C2SC(=[N+]3CCCC3)N=C2N(CC(=O)N2CCN(c3ccccc3)CC2)C1=O. The topological polar surface area (TPSA) is 79.5 Å². The highest BCUT2D eigenvalue weighted by Gasteiger charge is 2.53. The molecule has 1 atom stereocenters. The van der Waals surface area contributed by atoms with Gasteiger partial charge in [-0.05, 0) is 48.1 Å². The number of rotatable bonds is 5. The van der Waals surface area contributed by atoms with E-state index in [0.717, 1.165) is 49.9 Å². The van der Waals surface area contributed by atoms with Gasteiger partial charge < -0.3 is 9.80 Å². The average molecular weight is 484 g/mol. The van der Waals surface area contributed by atoms with E-state index in [4.69, 9.17) is 4.99 Å². The first kappa shape index (κ1) is 22.9. The maximum Gasteiger partial charge on any atom is 0.357 e. The minimum atomic E-state index is -0.553. The molecule has 0 radical (unpaired) electrons. The number of fused-ring (bicyclic) bond motifs is 1. The Kier molecular flexibility index (Phi) is 6.58. The zero-order valence-corrected chi connectivity index (χ0v) is 20.4. The molecule has 9 nitrogen and oxygen atoms in total. The molecule has 0 aliphatic carbocycles. The number of para-hydroxylation sites is 1. The van der Waals surface area contributed by atoms with E-state index in [2.05, 4.69) is 21.6 Å². The summed E-state index contributed by atoms with van der Waals surface area (Å²) >= 11 is 1.42. The maximum absolute atomic E-state index is 13.3. The molecule has 34 heavy (non-hydrogen) atoms. The van der Waals surface area contributed by atoms with Crippen molar-refractivity contribution in [3.63, 3.8) is 0 Å². The van der Waals surface area contributed by atoms with Gasteiger partial charge >= 0.3 is 11.2 Å². The van der Waals surface area contributed by atoms with E-state index in [1.165, 1.54) is 21.6 Å². The number of piperazine rings is 1. The highest BCUT2D eigenvalue weighted by molar-refractivity contribution is 8.15. The first-order chi connectivity index (χ1) is 16.6. The highest BCUT2D eigenvalue weighted by Crippen LogP contribution is 2.32. The maximum atomic E-state index is 13.3. The summed E-state index contributed by atoms with van der Waals surface area (Å²) in [5.74, 6) is 0.100. The van der Waals surface area contributed by atoms with Gasteiger partial charge in [-0.1, -0.05) is 25.1 Å². The molecular formula is C24H31N6O3S+. The summed E-state index contributed by atoms with van der Waals surface area (Å²) in [6.07, 6.45) is 2.88. The fourth-order valence-electron chi connectivity index (χ4n) is 4.90. The number of urea groups is 1.